The van der Waals surface area contributed by atoms with Crippen LogP contribution in [0.25, 0.3) is 0 Å². The first-order valence-corrected chi connectivity index (χ1v) is 12.3. The van der Waals surface area contributed by atoms with Gasteiger partial charge in [-0.15, -0.1) is 6.42 Å². The van der Waals surface area contributed by atoms with Crippen LogP contribution >= 0.6 is 0 Å². The fourth-order valence-electron chi connectivity index (χ4n) is 3.42. The van der Waals surface area contributed by atoms with E-state index in [1.54, 1.807) is 5.20 Å². The Labute approximate surface area is 205 Å². The van der Waals surface area contributed by atoms with Crippen molar-refractivity contribution in [2.45, 2.75) is 45.8 Å². The van der Waals surface area contributed by atoms with Crippen LogP contribution in [-0.2, 0) is 21.7 Å². The maximum atomic E-state index is 3.81. The van der Waals surface area contributed by atoms with Crippen LogP contribution in [0.15, 0.2) is 65.4 Å². The van der Waals surface area contributed by atoms with E-state index >= 15 is 0 Å². The first-order chi connectivity index (χ1) is 11.3. The van der Waals surface area contributed by atoms with Gasteiger partial charge in [0.1, 0.15) is 0 Å². The molecular weight excluding hydrogens is 459 g/mol. The van der Waals surface area contributed by atoms with Crippen molar-refractivity contribution >= 4 is 8.07 Å². The Hall–Kier alpha value is -0.279. The van der Waals surface area contributed by atoms with Crippen LogP contribution in [0.1, 0.15) is 34.6 Å². The molecule has 5 heteroatoms. The standard InChI is InChI=1S/C23H27Si.3ClH.Ti/c1-17-8-6-10-19(14-17)23(20-11-7-9-18(2)15-20)21-12-13-22(16-21)24(3,4)5;;;;/h6-12,14-15,23H,13H2,1-5H3;3*1H;/q-1;;;;+4/p-3. The van der Waals surface area contributed by atoms with Gasteiger partial charge >= 0.3 is 21.7 Å². The Bertz CT molecular complexity index is 777. The summed E-state index contributed by atoms with van der Waals surface area (Å²) in [5, 5.41) is 1.54. The molecule has 0 radical (unpaired) electrons. The molecule has 1 aliphatic carbocycles. The molecule has 2 aromatic carbocycles. The smallest absolute Gasteiger partial charge is 1.00 e. The maximum absolute atomic E-state index is 3.81. The van der Waals surface area contributed by atoms with Gasteiger partial charge in [0.15, 0.2) is 0 Å². The van der Waals surface area contributed by atoms with Crippen molar-refractivity contribution < 1.29 is 58.9 Å². The van der Waals surface area contributed by atoms with Crippen molar-refractivity contribution in [3.8, 4) is 0 Å². The van der Waals surface area contributed by atoms with E-state index in [1.165, 1.54) is 27.8 Å². The minimum absolute atomic E-state index is 0. The number of rotatable bonds is 4. The predicted molar refractivity (Wildman–Crippen MR) is 107 cm³/mol. The minimum atomic E-state index is -1.28. The van der Waals surface area contributed by atoms with E-state index in [9.17, 15) is 0 Å². The normalized spacial score (nSPS) is 12.6. The average molecular weight is 486 g/mol. The predicted octanol–water partition coefficient (Wildman–Crippen LogP) is -2.62. The fraction of sp³-hybridized carbons (Fsp3) is 0.304. The molecule has 0 heterocycles. The van der Waals surface area contributed by atoms with Crippen LogP contribution in [0.3, 0.4) is 0 Å². The molecular formula is C23H27Cl3SiTi. The molecule has 0 atom stereocenters. The second-order valence-corrected chi connectivity index (χ2v) is 13.1. The molecule has 2 aromatic rings. The molecule has 148 valence electrons. The van der Waals surface area contributed by atoms with E-state index in [-0.39, 0.29) is 58.9 Å². The molecule has 28 heavy (non-hydrogen) atoms. The quantitative estimate of drug-likeness (QED) is 0.329. The number of halogens is 3. The molecule has 0 amide bonds. The molecule has 0 spiro atoms. The van der Waals surface area contributed by atoms with Gasteiger partial charge in [-0.1, -0.05) is 79.3 Å². The van der Waals surface area contributed by atoms with Gasteiger partial charge in [-0.05, 0) is 25.0 Å². The molecule has 3 rings (SSSR count). The van der Waals surface area contributed by atoms with E-state index < -0.39 is 8.07 Å². The number of allylic oxidation sites excluding steroid dienone is 4. The van der Waals surface area contributed by atoms with Gasteiger partial charge in [0, 0.05) is 5.92 Å². The summed E-state index contributed by atoms with van der Waals surface area (Å²) in [4.78, 5) is 0. The average Bonchev–Trinajstić information content (AvgIpc) is 2.97. The summed E-state index contributed by atoms with van der Waals surface area (Å²) in [5.41, 5.74) is 6.73. The maximum Gasteiger partial charge on any atom is 4.00 e. The van der Waals surface area contributed by atoms with Gasteiger partial charge in [-0.2, -0.15) is 5.20 Å². The molecule has 0 aliphatic heterocycles. The third kappa shape index (κ3) is 7.20. The second kappa shape index (κ2) is 12.4. The van der Waals surface area contributed by atoms with Crippen LogP contribution in [-0.4, -0.2) is 8.07 Å². The van der Waals surface area contributed by atoms with Gasteiger partial charge in [0.05, 0.1) is 8.07 Å². The molecule has 0 fully saturated rings. The van der Waals surface area contributed by atoms with E-state index in [4.69, 9.17) is 0 Å². The van der Waals surface area contributed by atoms with Gasteiger partial charge in [0.2, 0.25) is 0 Å². The van der Waals surface area contributed by atoms with Crippen molar-refractivity contribution in [3.05, 3.63) is 93.7 Å². The third-order valence-corrected chi connectivity index (χ3v) is 6.93. The van der Waals surface area contributed by atoms with Crippen LogP contribution in [0.4, 0.5) is 0 Å². The summed E-state index contributed by atoms with van der Waals surface area (Å²) in [6.07, 6.45) is 7.29. The van der Waals surface area contributed by atoms with E-state index in [0.29, 0.717) is 5.92 Å². The summed E-state index contributed by atoms with van der Waals surface area (Å²) < 4.78 is 0. The third-order valence-electron chi connectivity index (χ3n) is 4.79. The molecule has 1 aliphatic rings. The number of aryl methyl sites for hydroxylation is 2. The Kier molecular flexibility index (Phi) is 13.3. The van der Waals surface area contributed by atoms with Gasteiger partial charge in [-0.3, -0.25) is 6.08 Å². The molecule has 0 aromatic heterocycles. The summed E-state index contributed by atoms with van der Waals surface area (Å²) >= 11 is 0. The van der Waals surface area contributed by atoms with E-state index in [2.05, 4.69) is 94.2 Å². The number of hydrogen-bond acceptors (Lipinski definition) is 0. The van der Waals surface area contributed by atoms with E-state index in [0.717, 1.165) is 6.42 Å². The van der Waals surface area contributed by atoms with E-state index in [1.807, 2.05) is 0 Å². The summed E-state index contributed by atoms with van der Waals surface area (Å²) in [5.74, 6) is 0.290. The summed E-state index contributed by atoms with van der Waals surface area (Å²) in [6, 6.07) is 17.9. The minimum Gasteiger partial charge on any atom is -1.00 e. The Morgan fingerprint density at radius 2 is 1.29 bits per heavy atom. The Morgan fingerprint density at radius 3 is 1.64 bits per heavy atom. The molecule has 0 nitrogen and oxygen atoms in total. The fourth-order valence-corrected chi connectivity index (χ4v) is 4.66. The zero-order valence-corrected chi connectivity index (χ0v) is 21.9. The first kappa shape index (κ1) is 29.9. The molecule has 0 unspecified atom stereocenters. The first-order valence-electron chi connectivity index (χ1n) is 8.81. The Balaban J connectivity index is 0. The monoisotopic (exact) mass is 484 g/mol. The van der Waals surface area contributed by atoms with Gasteiger partial charge in [-0.25, -0.2) is 11.6 Å². The van der Waals surface area contributed by atoms with Gasteiger partial charge in [0.25, 0.3) is 0 Å². The Morgan fingerprint density at radius 1 is 0.821 bits per heavy atom. The van der Waals surface area contributed by atoms with Crippen LogP contribution in [0, 0.1) is 19.9 Å². The summed E-state index contributed by atoms with van der Waals surface area (Å²) in [7, 11) is -1.28. The molecule has 0 bridgehead atoms. The number of benzene rings is 2. The molecule has 0 N–H and O–H groups in total. The molecule has 0 saturated heterocycles. The SMILES string of the molecule is Cc1cccc(C(C2=CCC([Si](C)(C)C)=[C-]2)c2cccc(C)c2)c1.[Cl-].[Cl-].[Cl-].[Ti+4]. The number of hydrogen-bond donors (Lipinski definition) is 0. The van der Waals surface area contributed by atoms with Gasteiger partial charge < -0.3 is 37.2 Å². The van der Waals surface area contributed by atoms with Crippen LogP contribution < -0.4 is 37.2 Å². The summed E-state index contributed by atoms with van der Waals surface area (Å²) in [6.45, 7) is 11.6. The largest absolute Gasteiger partial charge is 4.00 e. The molecule has 0 saturated carbocycles. The van der Waals surface area contributed by atoms with Crippen molar-refractivity contribution in [1.82, 2.24) is 0 Å². The van der Waals surface area contributed by atoms with Crippen LogP contribution in [0.2, 0.25) is 19.6 Å². The van der Waals surface area contributed by atoms with Crippen molar-refractivity contribution in [3.63, 3.8) is 0 Å². The van der Waals surface area contributed by atoms with Crippen molar-refractivity contribution in [2.75, 3.05) is 0 Å². The zero-order valence-electron chi connectivity index (χ0n) is 17.1. The zero-order chi connectivity index (χ0) is 17.3. The topological polar surface area (TPSA) is 0 Å². The van der Waals surface area contributed by atoms with Crippen molar-refractivity contribution in [2.24, 2.45) is 0 Å². The van der Waals surface area contributed by atoms with Crippen molar-refractivity contribution in [1.29, 1.82) is 0 Å². The van der Waals surface area contributed by atoms with Crippen LogP contribution in [0.5, 0.6) is 0 Å². The second-order valence-electron chi connectivity index (χ2n) is 7.98.